The lowest BCUT2D eigenvalue weighted by Gasteiger charge is -2.16. The summed E-state index contributed by atoms with van der Waals surface area (Å²) in [5.41, 5.74) is 6.18. The monoisotopic (exact) mass is 235 g/mol. The zero-order valence-corrected chi connectivity index (χ0v) is 9.04. The van der Waals surface area contributed by atoms with Crippen molar-refractivity contribution in [1.82, 2.24) is 0 Å². The normalized spacial score (nSPS) is 14.7. The molecular formula is C12H13NO4. The zero-order valence-electron chi connectivity index (χ0n) is 9.04. The Balaban J connectivity index is 2.23. The summed E-state index contributed by atoms with van der Waals surface area (Å²) < 4.78 is 5.16. The number of hydrogen-bond acceptors (Lipinski definition) is 4. The van der Waals surface area contributed by atoms with Crippen LogP contribution in [0, 0.1) is 0 Å². The van der Waals surface area contributed by atoms with E-state index in [4.69, 9.17) is 10.2 Å². The first kappa shape index (κ1) is 11.6. The SMILES string of the molecule is NC(=O)CC(O)C(O)c1ccc2occc2c1. The molecular weight excluding hydrogens is 222 g/mol. The summed E-state index contributed by atoms with van der Waals surface area (Å²) >= 11 is 0. The van der Waals surface area contributed by atoms with Gasteiger partial charge in [0, 0.05) is 5.39 Å². The fourth-order valence-electron chi connectivity index (χ4n) is 1.71. The van der Waals surface area contributed by atoms with Gasteiger partial charge in [-0.3, -0.25) is 4.79 Å². The van der Waals surface area contributed by atoms with Crippen molar-refractivity contribution >= 4 is 16.9 Å². The van der Waals surface area contributed by atoms with Crippen molar-refractivity contribution in [3.8, 4) is 0 Å². The van der Waals surface area contributed by atoms with Gasteiger partial charge in [-0.1, -0.05) is 6.07 Å². The van der Waals surface area contributed by atoms with Crippen molar-refractivity contribution in [2.75, 3.05) is 0 Å². The van der Waals surface area contributed by atoms with Crippen LogP contribution in [-0.2, 0) is 4.79 Å². The topological polar surface area (TPSA) is 96.7 Å². The Kier molecular flexibility index (Phi) is 3.12. The number of primary amides is 1. The molecule has 0 radical (unpaired) electrons. The Morgan fingerprint density at radius 1 is 1.35 bits per heavy atom. The third-order valence-corrected chi connectivity index (χ3v) is 2.59. The van der Waals surface area contributed by atoms with E-state index >= 15 is 0 Å². The number of amides is 1. The molecule has 0 spiro atoms. The quantitative estimate of drug-likeness (QED) is 0.726. The van der Waals surface area contributed by atoms with Gasteiger partial charge in [-0.05, 0) is 23.8 Å². The van der Waals surface area contributed by atoms with Crippen LogP contribution in [0.15, 0.2) is 34.9 Å². The van der Waals surface area contributed by atoms with Gasteiger partial charge in [0.1, 0.15) is 11.7 Å². The molecule has 2 aromatic rings. The first-order chi connectivity index (χ1) is 8.08. The second-order valence-corrected chi connectivity index (χ2v) is 3.90. The molecule has 1 aromatic carbocycles. The van der Waals surface area contributed by atoms with Gasteiger partial charge in [-0.2, -0.15) is 0 Å². The largest absolute Gasteiger partial charge is 0.464 e. The minimum atomic E-state index is -1.20. The molecule has 1 aromatic heterocycles. The molecule has 5 heteroatoms. The molecule has 90 valence electrons. The Labute approximate surface area is 97.5 Å². The fraction of sp³-hybridized carbons (Fsp3) is 0.250. The first-order valence-electron chi connectivity index (χ1n) is 5.19. The first-order valence-corrected chi connectivity index (χ1v) is 5.19. The van der Waals surface area contributed by atoms with Gasteiger partial charge in [0.05, 0.1) is 18.8 Å². The molecule has 1 heterocycles. The molecule has 0 bridgehead atoms. The molecule has 0 saturated heterocycles. The maximum atomic E-state index is 10.7. The molecule has 17 heavy (non-hydrogen) atoms. The maximum Gasteiger partial charge on any atom is 0.220 e. The minimum Gasteiger partial charge on any atom is -0.464 e. The highest BCUT2D eigenvalue weighted by atomic mass is 16.3. The summed E-state index contributed by atoms with van der Waals surface area (Å²) in [6.07, 6.45) is -1.07. The molecule has 2 atom stereocenters. The van der Waals surface area contributed by atoms with E-state index in [1.54, 1.807) is 30.5 Å². The van der Waals surface area contributed by atoms with E-state index in [1.807, 2.05) is 0 Å². The molecule has 2 rings (SSSR count). The summed E-state index contributed by atoms with van der Waals surface area (Å²) in [7, 11) is 0. The van der Waals surface area contributed by atoms with Crippen molar-refractivity contribution in [2.45, 2.75) is 18.6 Å². The minimum absolute atomic E-state index is 0.273. The molecule has 0 aliphatic rings. The maximum absolute atomic E-state index is 10.7. The van der Waals surface area contributed by atoms with Crippen LogP contribution in [0.1, 0.15) is 18.1 Å². The van der Waals surface area contributed by atoms with Crippen LogP contribution in [0.25, 0.3) is 11.0 Å². The number of benzene rings is 1. The summed E-state index contributed by atoms with van der Waals surface area (Å²) in [4.78, 5) is 10.7. The van der Waals surface area contributed by atoms with Crippen LogP contribution in [0.2, 0.25) is 0 Å². The molecule has 0 aliphatic heterocycles. The Hall–Kier alpha value is -1.85. The van der Waals surface area contributed by atoms with Gasteiger partial charge in [0.2, 0.25) is 5.91 Å². The molecule has 0 saturated carbocycles. The summed E-state index contributed by atoms with van der Waals surface area (Å²) in [6, 6.07) is 6.80. The summed E-state index contributed by atoms with van der Waals surface area (Å²) in [5, 5.41) is 20.3. The van der Waals surface area contributed by atoms with Crippen LogP contribution < -0.4 is 5.73 Å². The lowest BCUT2D eigenvalue weighted by atomic mass is 10.0. The number of fused-ring (bicyclic) bond motifs is 1. The zero-order chi connectivity index (χ0) is 12.4. The van der Waals surface area contributed by atoms with E-state index in [9.17, 15) is 15.0 Å². The highest BCUT2D eigenvalue weighted by molar-refractivity contribution is 5.78. The molecule has 0 fully saturated rings. The van der Waals surface area contributed by atoms with Crippen LogP contribution >= 0.6 is 0 Å². The van der Waals surface area contributed by atoms with E-state index in [-0.39, 0.29) is 6.42 Å². The van der Waals surface area contributed by atoms with Crippen LogP contribution in [-0.4, -0.2) is 22.2 Å². The number of carbonyl (C=O) groups is 1. The highest BCUT2D eigenvalue weighted by Crippen LogP contribution is 2.24. The fourth-order valence-corrected chi connectivity index (χ4v) is 1.71. The Bertz CT molecular complexity index is 534. The number of nitrogens with two attached hydrogens (primary N) is 1. The van der Waals surface area contributed by atoms with Gasteiger partial charge in [0.25, 0.3) is 0 Å². The van der Waals surface area contributed by atoms with Crippen molar-refractivity contribution < 1.29 is 19.4 Å². The van der Waals surface area contributed by atoms with E-state index in [2.05, 4.69) is 0 Å². The van der Waals surface area contributed by atoms with Gasteiger partial charge in [0.15, 0.2) is 0 Å². The predicted molar refractivity (Wildman–Crippen MR) is 61.0 cm³/mol. The van der Waals surface area contributed by atoms with E-state index in [0.717, 1.165) is 5.39 Å². The van der Waals surface area contributed by atoms with Gasteiger partial charge < -0.3 is 20.4 Å². The van der Waals surface area contributed by atoms with E-state index in [1.165, 1.54) is 0 Å². The second-order valence-electron chi connectivity index (χ2n) is 3.90. The molecule has 4 N–H and O–H groups in total. The second kappa shape index (κ2) is 4.57. The van der Waals surface area contributed by atoms with Crippen molar-refractivity contribution in [3.05, 3.63) is 36.1 Å². The number of carbonyl (C=O) groups excluding carboxylic acids is 1. The number of aliphatic hydroxyl groups is 2. The highest BCUT2D eigenvalue weighted by Gasteiger charge is 2.20. The van der Waals surface area contributed by atoms with Gasteiger partial charge in [-0.15, -0.1) is 0 Å². The molecule has 2 unspecified atom stereocenters. The molecule has 1 amide bonds. The van der Waals surface area contributed by atoms with Crippen molar-refractivity contribution in [1.29, 1.82) is 0 Å². The van der Waals surface area contributed by atoms with Crippen molar-refractivity contribution in [2.24, 2.45) is 5.73 Å². The average molecular weight is 235 g/mol. The average Bonchev–Trinajstić information content (AvgIpc) is 2.73. The molecule has 0 aliphatic carbocycles. The Morgan fingerprint density at radius 3 is 2.82 bits per heavy atom. The van der Waals surface area contributed by atoms with Crippen LogP contribution in [0.4, 0.5) is 0 Å². The summed E-state index contributed by atoms with van der Waals surface area (Å²) in [6.45, 7) is 0. The molecule has 5 nitrogen and oxygen atoms in total. The lowest BCUT2D eigenvalue weighted by Crippen LogP contribution is -2.25. The van der Waals surface area contributed by atoms with Crippen LogP contribution in [0.5, 0.6) is 0 Å². The third-order valence-electron chi connectivity index (χ3n) is 2.59. The van der Waals surface area contributed by atoms with Crippen molar-refractivity contribution in [3.63, 3.8) is 0 Å². The smallest absolute Gasteiger partial charge is 0.220 e. The summed E-state index contributed by atoms with van der Waals surface area (Å²) in [5.74, 6) is -0.652. The number of aliphatic hydroxyl groups excluding tert-OH is 2. The van der Waals surface area contributed by atoms with E-state index in [0.29, 0.717) is 11.1 Å². The lowest BCUT2D eigenvalue weighted by molar-refractivity contribution is -0.121. The predicted octanol–water partition coefficient (Wildman–Crippen LogP) is 0.702. The number of rotatable bonds is 4. The standard InChI is InChI=1S/C12H13NO4/c13-11(15)6-9(14)12(16)8-1-2-10-7(5-8)3-4-17-10/h1-5,9,12,14,16H,6H2,(H2,13,15). The number of furan rings is 1. The number of hydrogen-bond donors (Lipinski definition) is 3. The van der Waals surface area contributed by atoms with E-state index < -0.39 is 18.1 Å². The van der Waals surface area contributed by atoms with Crippen LogP contribution in [0.3, 0.4) is 0 Å². The Morgan fingerprint density at radius 2 is 2.12 bits per heavy atom. The van der Waals surface area contributed by atoms with Gasteiger partial charge in [-0.25, -0.2) is 0 Å². The van der Waals surface area contributed by atoms with Gasteiger partial charge >= 0.3 is 0 Å². The third kappa shape index (κ3) is 2.46.